The fourth-order valence-electron chi connectivity index (χ4n) is 2.46. The second-order valence-electron chi connectivity index (χ2n) is 5.11. The van der Waals surface area contributed by atoms with E-state index < -0.39 is 0 Å². The van der Waals surface area contributed by atoms with Gasteiger partial charge in [-0.15, -0.1) is 24.8 Å². The molecule has 1 aromatic rings. The summed E-state index contributed by atoms with van der Waals surface area (Å²) < 4.78 is 5.54. The number of fused-ring (bicyclic) bond motifs is 1. The molecule has 0 radical (unpaired) electrons. The predicted molar refractivity (Wildman–Crippen MR) is 94.8 cm³/mol. The first-order valence-corrected chi connectivity index (χ1v) is 7.17. The first kappa shape index (κ1) is 20.8. The Labute approximate surface area is 144 Å². The van der Waals surface area contributed by atoms with E-state index in [0.29, 0.717) is 24.8 Å². The van der Waals surface area contributed by atoms with Crippen molar-refractivity contribution in [3.63, 3.8) is 0 Å². The van der Waals surface area contributed by atoms with Crippen LogP contribution in [0.4, 0.5) is 10.5 Å². The molecule has 0 saturated carbocycles. The second kappa shape index (κ2) is 9.77. The molecule has 2 rings (SSSR count). The zero-order chi connectivity index (χ0) is 14.5. The highest BCUT2D eigenvalue weighted by Gasteiger charge is 2.26. The molecule has 1 aliphatic rings. The molecule has 0 fully saturated rings. The number of carbonyl (C=O) groups excluding carboxylic acids is 1. The van der Waals surface area contributed by atoms with Crippen LogP contribution < -0.4 is 15.8 Å². The lowest BCUT2D eigenvalue weighted by Crippen LogP contribution is -2.29. The monoisotopic (exact) mass is 349 g/mol. The van der Waals surface area contributed by atoms with Gasteiger partial charge in [0.15, 0.2) is 0 Å². The highest BCUT2D eigenvalue weighted by Crippen LogP contribution is 2.40. The van der Waals surface area contributed by atoms with Gasteiger partial charge in [0.2, 0.25) is 0 Å². The summed E-state index contributed by atoms with van der Waals surface area (Å²) in [4.78, 5) is 13.5. The van der Waals surface area contributed by atoms with Crippen molar-refractivity contribution >= 4 is 36.6 Å². The Morgan fingerprint density at radius 3 is 2.82 bits per heavy atom. The average molecular weight is 350 g/mol. The number of halogens is 2. The molecule has 5 nitrogen and oxygen atoms in total. The molecule has 7 heteroatoms. The molecule has 1 amide bonds. The minimum atomic E-state index is -0.314. The van der Waals surface area contributed by atoms with Crippen molar-refractivity contribution in [2.45, 2.75) is 25.7 Å². The van der Waals surface area contributed by atoms with Crippen LogP contribution in [0.25, 0.3) is 0 Å². The summed E-state index contributed by atoms with van der Waals surface area (Å²) in [5.41, 5.74) is 7.77. The third kappa shape index (κ3) is 4.66. The van der Waals surface area contributed by atoms with Crippen molar-refractivity contribution in [2.75, 3.05) is 32.0 Å². The number of rotatable bonds is 5. The van der Waals surface area contributed by atoms with Gasteiger partial charge in [-0.25, -0.2) is 4.79 Å². The van der Waals surface area contributed by atoms with Gasteiger partial charge < -0.3 is 20.7 Å². The fourth-order valence-corrected chi connectivity index (χ4v) is 2.46. The number of ether oxygens (including phenoxy) is 1. The molecule has 1 aliphatic heterocycles. The average Bonchev–Trinajstić information content (AvgIpc) is 2.88. The van der Waals surface area contributed by atoms with Crippen LogP contribution >= 0.6 is 24.8 Å². The number of nitrogens with one attached hydrogen (secondary N) is 1. The third-order valence-corrected chi connectivity index (χ3v) is 3.75. The molecule has 0 bridgehead atoms. The fraction of sp³-hybridized carbons (Fsp3) is 0.533. The van der Waals surface area contributed by atoms with Crippen molar-refractivity contribution < 1.29 is 9.53 Å². The summed E-state index contributed by atoms with van der Waals surface area (Å²) in [6.45, 7) is 4.12. The van der Waals surface area contributed by atoms with Gasteiger partial charge in [-0.05, 0) is 38.4 Å². The third-order valence-electron chi connectivity index (χ3n) is 3.75. The number of nitrogens with two attached hydrogens (primary N) is 1. The molecule has 22 heavy (non-hydrogen) atoms. The molecule has 3 N–H and O–H groups in total. The van der Waals surface area contributed by atoms with E-state index in [0.717, 1.165) is 30.6 Å². The van der Waals surface area contributed by atoms with Crippen LogP contribution in [0.5, 0.6) is 5.75 Å². The lowest BCUT2D eigenvalue weighted by Gasteiger charge is -2.18. The molecular weight excluding hydrogens is 325 g/mol. The van der Waals surface area contributed by atoms with Gasteiger partial charge in [-0.3, -0.25) is 0 Å². The smallest absolute Gasteiger partial charge is 0.410 e. The van der Waals surface area contributed by atoms with Crippen molar-refractivity contribution in [2.24, 2.45) is 5.73 Å². The zero-order valence-corrected chi connectivity index (χ0v) is 14.6. The zero-order valence-electron chi connectivity index (χ0n) is 13.0. The number of nitrogens with zero attached hydrogens (tertiary/aromatic N) is 1. The molecule has 1 heterocycles. The van der Waals surface area contributed by atoms with Gasteiger partial charge in [0.05, 0.1) is 0 Å². The summed E-state index contributed by atoms with van der Waals surface area (Å²) in [5, 5.41) is 3.37. The Balaban J connectivity index is 0.00000220. The van der Waals surface area contributed by atoms with Crippen LogP contribution in [0.3, 0.4) is 0 Å². The molecular formula is C15H25Cl2N3O2. The molecule has 1 atom stereocenters. The van der Waals surface area contributed by atoms with Crippen LogP contribution in [0.1, 0.15) is 31.2 Å². The Bertz CT molecular complexity index is 486. The van der Waals surface area contributed by atoms with Gasteiger partial charge in [0.25, 0.3) is 0 Å². The Kier molecular flexibility index (Phi) is 9.25. The molecule has 1 unspecified atom stereocenters. The summed E-state index contributed by atoms with van der Waals surface area (Å²) in [6.07, 6.45) is 1.67. The van der Waals surface area contributed by atoms with Gasteiger partial charge in [-0.1, -0.05) is 6.07 Å². The Morgan fingerprint density at radius 2 is 2.18 bits per heavy atom. The molecule has 0 spiro atoms. The Hall–Kier alpha value is -1.17. The number of hydrogen-bond donors (Lipinski definition) is 2. The van der Waals surface area contributed by atoms with E-state index in [1.807, 2.05) is 25.1 Å². The number of carbonyl (C=O) groups is 1. The van der Waals surface area contributed by atoms with Gasteiger partial charge in [0.1, 0.15) is 5.75 Å². The van der Waals surface area contributed by atoms with Crippen molar-refractivity contribution in [1.29, 1.82) is 0 Å². The number of benzene rings is 1. The van der Waals surface area contributed by atoms with Crippen LogP contribution in [0, 0.1) is 0 Å². The molecule has 126 valence electrons. The highest BCUT2D eigenvalue weighted by molar-refractivity contribution is 5.85. The van der Waals surface area contributed by atoms with E-state index in [1.165, 1.54) is 0 Å². The van der Waals surface area contributed by atoms with Gasteiger partial charge in [-0.2, -0.15) is 0 Å². The molecule has 1 aromatic carbocycles. The van der Waals surface area contributed by atoms with E-state index in [9.17, 15) is 4.79 Å². The van der Waals surface area contributed by atoms with E-state index >= 15 is 0 Å². The van der Waals surface area contributed by atoms with Crippen LogP contribution in [-0.2, 0) is 0 Å². The Morgan fingerprint density at radius 1 is 1.45 bits per heavy atom. The largest absolute Gasteiger partial charge is 0.414 e. The first-order chi connectivity index (χ1) is 9.67. The number of anilines is 1. The maximum absolute atomic E-state index is 11.9. The maximum Gasteiger partial charge on any atom is 0.414 e. The van der Waals surface area contributed by atoms with Crippen LogP contribution in [-0.4, -0.2) is 37.7 Å². The van der Waals surface area contributed by atoms with Crippen LogP contribution in [0.2, 0.25) is 0 Å². The van der Waals surface area contributed by atoms with Gasteiger partial charge >= 0.3 is 6.09 Å². The topological polar surface area (TPSA) is 67.6 Å². The minimum absolute atomic E-state index is 0. The second-order valence-corrected chi connectivity index (χ2v) is 5.11. The van der Waals surface area contributed by atoms with E-state index in [4.69, 9.17) is 10.5 Å². The quantitative estimate of drug-likeness (QED) is 0.856. The SMILES string of the molecule is CCN(C)C(=O)Oc1cccc2c1C(CCCN)CN2.Cl.Cl. The summed E-state index contributed by atoms with van der Waals surface area (Å²) >= 11 is 0. The van der Waals surface area contributed by atoms with Gasteiger partial charge in [0, 0.05) is 37.3 Å². The van der Waals surface area contributed by atoms with Crippen molar-refractivity contribution in [1.82, 2.24) is 4.90 Å². The minimum Gasteiger partial charge on any atom is -0.410 e. The van der Waals surface area contributed by atoms with E-state index in [-0.39, 0.29) is 30.9 Å². The molecule has 0 aliphatic carbocycles. The van der Waals surface area contributed by atoms with Crippen LogP contribution in [0.15, 0.2) is 18.2 Å². The summed E-state index contributed by atoms with van der Waals surface area (Å²) in [7, 11) is 1.73. The lowest BCUT2D eigenvalue weighted by molar-refractivity contribution is 0.164. The number of amides is 1. The normalized spacial score (nSPS) is 15.0. The molecule has 0 aromatic heterocycles. The van der Waals surface area contributed by atoms with E-state index in [1.54, 1.807) is 11.9 Å². The van der Waals surface area contributed by atoms with Crippen molar-refractivity contribution in [3.05, 3.63) is 23.8 Å². The maximum atomic E-state index is 11.9. The molecule has 0 saturated heterocycles. The summed E-state index contributed by atoms with van der Waals surface area (Å²) in [5.74, 6) is 1.03. The van der Waals surface area contributed by atoms with Crippen molar-refractivity contribution in [3.8, 4) is 5.75 Å². The summed E-state index contributed by atoms with van der Waals surface area (Å²) in [6, 6.07) is 5.80. The standard InChI is InChI=1S/C15H23N3O2.2ClH/c1-3-18(2)15(19)20-13-8-4-7-12-14(13)11(10-17-12)6-5-9-16;;/h4,7-8,11,17H,3,5-6,9-10,16H2,1-2H3;2*1H. The highest BCUT2D eigenvalue weighted by atomic mass is 35.5. The van der Waals surface area contributed by atoms with E-state index in [2.05, 4.69) is 5.32 Å². The lowest BCUT2D eigenvalue weighted by atomic mass is 9.95. The predicted octanol–water partition coefficient (Wildman–Crippen LogP) is 3.23. The number of hydrogen-bond acceptors (Lipinski definition) is 4. The first-order valence-electron chi connectivity index (χ1n) is 7.17.